The third kappa shape index (κ3) is 46.0. The lowest BCUT2D eigenvalue weighted by molar-refractivity contribution is -0.166. The zero-order valence-electron chi connectivity index (χ0n) is 38.8. The molecule has 0 aliphatic carbocycles. The van der Waals surface area contributed by atoms with E-state index in [4.69, 9.17) is 14.2 Å². The molecule has 0 rings (SSSR count). The van der Waals surface area contributed by atoms with E-state index in [2.05, 4.69) is 75.5 Å². The molecule has 0 aliphatic rings. The van der Waals surface area contributed by atoms with Crippen LogP contribution >= 0.6 is 0 Å². The van der Waals surface area contributed by atoms with Gasteiger partial charge >= 0.3 is 17.9 Å². The van der Waals surface area contributed by atoms with Crippen molar-refractivity contribution in [3.05, 3.63) is 60.8 Å². The lowest BCUT2D eigenvalue weighted by atomic mass is 10.1. The first-order valence-electron chi connectivity index (χ1n) is 24.8. The summed E-state index contributed by atoms with van der Waals surface area (Å²) >= 11 is 0. The van der Waals surface area contributed by atoms with Gasteiger partial charge in [-0.3, -0.25) is 14.4 Å². The van der Waals surface area contributed by atoms with Crippen LogP contribution < -0.4 is 0 Å². The van der Waals surface area contributed by atoms with Crippen molar-refractivity contribution < 1.29 is 28.6 Å². The zero-order chi connectivity index (χ0) is 43.0. The van der Waals surface area contributed by atoms with Gasteiger partial charge in [0.25, 0.3) is 0 Å². The van der Waals surface area contributed by atoms with E-state index in [1.807, 2.05) is 6.08 Å². The predicted molar refractivity (Wildman–Crippen MR) is 251 cm³/mol. The monoisotopic (exact) mass is 825 g/mol. The van der Waals surface area contributed by atoms with E-state index in [9.17, 15) is 14.4 Å². The standard InChI is InChI=1S/C53H92O6/c1-4-7-10-13-16-19-22-25-26-29-31-34-37-40-43-46-52(55)58-49-50(59-53(56)47-44-41-38-35-32-28-24-21-18-15-12-9-6-3)48-57-51(54)45-42-39-36-33-30-27-23-20-17-14-11-8-5-2/h16,19,22,25,27-28,30,32,38,41,50H,4-15,17-18,20-21,23-24,26,29,31,33-37,39-40,42-49H2,1-3H3/b19-16-,25-22-,30-27-,32-28-,41-38-. The highest BCUT2D eigenvalue weighted by atomic mass is 16.6. The molecule has 0 saturated carbocycles. The zero-order valence-corrected chi connectivity index (χ0v) is 38.8. The Bertz CT molecular complexity index is 1090. The molecule has 6 nitrogen and oxygen atoms in total. The highest BCUT2D eigenvalue weighted by molar-refractivity contribution is 5.71. The summed E-state index contributed by atoms with van der Waals surface area (Å²) in [6.45, 7) is 6.51. The van der Waals surface area contributed by atoms with Crippen LogP contribution in [0.2, 0.25) is 0 Å². The Morgan fingerprint density at radius 1 is 0.356 bits per heavy atom. The number of unbranched alkanes of at least 4 members (excludes halogenated alkanes) is 24. The summed E-state index contributed by atoms with van der Waals surface area (Å²) in [5.41, 5.74) is 0. The first-order chi connectivity index (χ1) is 29.0. The largest absolute Gasteiger partial charge is 0.462 e. The van der Waals surface area contributed by atoms with E-state index in [1.54, 1.807) is 0 Å². The first kappa shape index (κ1) is 56.1. The molecule has 0 amide bonds. The van der Waals surface area contributed by atoms with Crippen LogP contribution in [0.1, 0.15) is 239 Å². The molecular weight excluding hydrogens is 733 g/mol. The third-order valence-corrected chi connectivity index (χ3v) is 10.5. The molecule has 0 spiro atoms. The average molecular weight is 825 g/mol. The molecule has 6 heteroatoms. The van der Waals surface area contributed by atoms with Gasteiger partial charge < -0.3 is 14.2 Å². The molecule has 0 aromatic rings. The second-order valence-corrected chi connectivity index (χ2v) is 16.4. The molecule has 0 bridgehead atoms. The predicted octanol–water partition coefficient (Wildman–Crippen LogP) is 16.1. The number of carbonyl (C=O) groups excluding carboxylic acids is 3. The van der Waals surface area contributed by atoms with Crippen LogP contribution in [0, 0.1) is 0 Å². The summed E-state index contributed by atoms with van der Waals surface area (Å²) in [7, 11) is 0. The average Bonchev–Trinajstić information content (AvgIpc) is 3.23. The lowest BCUT2D eigenvalue weighted by Crippen LogP contribution is -2.30. The van der Waals surface area contributed by atoms with Crippen molar-refractivity contribution in [1.29, 1.82) is 0 Å². The number of hydrogen-bond donors (Lipinski definition) is 0. The molecule has 340 valence electrons. The molecule has 1 unspecified atom stereocenters. The molecule has 0 aromatic heterocycles. The highest BCUT2D eigenvalue weighted by Crippen LogP contribution is 2.13. The Morgan fingerprint density at radius 3 is 1.17 bits per heavy atom. The second kappa shape index (κ2) is 47.8. The summed E-state index contributed by atoms with van der Waals surface area (Å²) in [5.74, 6) is -1.00. The van der Waals surface area contributed by atoms with Gasteiger partial charge in [0, 0.05) is 19.3 Å². The van der Waals surface area contributed by atoms with E-state index in [0.29, 0.717) is 19.3 Å². The number of rotatable bonds is 44. The molecule has 0 heterocycles. The van der Waals surface area contributed by atoms with Crippen molar-refractivity contribution in [1.82, 2.24) is 0 Å². The lowest BCUT2D eigenvalue weighted by Gasteiger charge is -2.18. The molecule has 0 aromatic carbocycles. The smallest absolute Gasteiger partial charge is 0.306 e. The van der Waals surface area contributed by atoms with Crippen molar-refractivity contribution in [2.75, 3.05) is 13.2 Å². The van der Waals surface area contributed by atoms with Gasteiger partial charge in [-0.25, -0.2) is 0 Å². The third-order valence-electron chi connectivity index (χ3n) is 10.5. The molecule has 0 N–H and O–H groups in total. The van der Waals surface area contributed by atoms with Gasteiger partial charge in [0.2, 0.25) is 0 Å². The Labute approximate surface area is 364 Å². The van der Waals surface area contributed by atoms with E-state index >= 15 is 0 Å². The number of hydrogen-bond acceptors (Lipinski definition) is 6. The summed E-state index contributed by atoms with van der Waals surface area (Å²) in [6.07, 6.45) is 57.8. The normalized spacial score (nSPS) is 12.5. The fourth-order valence-electron chi connectivity index (χ4n) is 6.71. The van der Waals surface area contributed by atoms with Crippen LogP contribution in [0.15, 0.2) is 60.8 Å². The van der Waals surface area contributed by atoms with Gasteiger partial charge in [-0.15, -0.1) is 0 Å². The molecule has 59 heavy (non-hydrogen) atoms. The minimum absolute atomic E-state index is 0.108. The van der Waals surface area contributed by atoms with Gasteiger partial charge in [-0.2, -0.15) is 0 Å². The summed E-state index contributed by atoms with van der Waals surface area (Å²) in [4.78, 5) is 37.8. The molecule has 0 fully saturated rings. The Kier molecular flexibility index (Phi) is 45.4. The van der Waals surface area contributed by atoms with Crippen molar-refractivity contribution in [2.24, 2.45) is 0 Å². The molecule has 0 saturated heterocycles. The van der Waals surface area contributed by atoms with Crippen LogP contribution in [0.5, 0.6) is 0 Å². The number of carbonyl (C=O) groups is 3. The van der Waals surface area contributed by atoms with E-state index < -0.39 is 6.10 Å². The van der Waals surface area contributed by atoms with Crippen LogP contribution in [-0.2, 0) is 28.6 Å². The Balaban J connectivity index is 4.48. The van der Waals surface area contributed by atoms with Crippen molar-refractivity contribution in [3.63, 3.8) is 0 Å². The minimum Gasteiger partial charge on any atom is -0.462 e. The maximum atomic E-state index is 12.7. The number of allylic oxidation sites excluding steroid dienone is 10. The van der Waals surface area contributed by atoms with Crippen LogP contribution in [0.25, 0.3) is 0 Å². The quantitative estimate of drug-likeness (QED) is 0.0200. The molecular formula is C53H92O6. The van der Waals surface area contributed by atoms with Crippen molar-refractivity contribution in [2.45, 2.75) is 245 Å². The maximum absolute atomic E-state index is 12.7. The first-order valence-corrected chi connectivity index (χ1v) is 24.8. The van der Waals surface area contributed by atoms with Gasteiger partial charge in [0.1, 0.15) is 13.2 Å². The van der Waals surface area contributed by atoms with Gasteiger partial charge in [-0.05, 0) is 89.9 Å². The summed E-state index contributed by atoms with van der Waals surface area (Å²) in [5, 5.41) is 0. The highest BCUT2D eigenvalue weighted by Gasteiger charge is 2.19. The van der Waals surface area contributed by atoms with Crippen LogP contribution in [-0.4, -0.2) is 37.2 Å². The second-order valence-electron chi connectivity index (χ2n) is 16.4. The van der Waals surface area contributed by atoms with E-state index in [1.165, 1.54) is 122 Å². The van der Waals surface area contributed by atoms with Crippen molar-refractivity contribution >= 4 is 17.9 Å². The van der Waals surface area contributed by atoms with Crippen molar-refractivity contribution in [3.8, 4) is 0 Å². The topological polar surface area (TPSA) is 78.9 Å². The maximum Gasteiger partial charge on any atom is 0.306 e. The van der Waals surface area contributed by atoms with E-state index in [0.717, 1.165) is 70.6 Å². The summed E-state index contributed by atoms with van der Waals surface area (Å²) in [6, 6.07) is 0. The molecule has 0 radical (unpaired) electrons. The van der Waals surface area contributed by atoms with Crippen LogP contribution in [0.3, 0.4) is 0 Å². The fourth-order valence-corrected chi connectivity index (χ4v) is 6.71. The van der Waals surface area contributed by atoms with Gasteiger partial charge in [0.05, 0.1) is 0 Å². The Hall–Kier alpha value is -2.89. The van der Waals surface area contributed by atoms with Crippen LogP contribution in [0.4, 0.5) is 0 Å². The molecule has 0 aliphatic heterocycles. The summed E-state index contributed by atoms with van der Waals surface area (Å²) < 4.78 is 16.7. The Morgan fingerprint density at radius 2 is 0.695 bits per heavy atom. The number of ether oxygens (including phenoxy) is 3. The van der Waals surface area contributed by atoms with Gasteiger partial charge in [0.15, 0.2) is 6.10 Å². The fraction of sp³-hybridized carbons (Fsp3) is 0.755. The minimum atomic E-state index is -0.813. The van der Waals surface area contributed by atoms with Gasteiger partial charge in [-0.1, -0.05) is 191 Å². The SMILES string of the molecule is CCCCC/C=C\C=C/CCCCCCCCC(=O)OCC(COC(=O)CCCCC/C=C\CCCCCCCC)OC(=O)CC/C=C\C/C=C\CCCCCCCC. The molecule has 1 atom stereocenters. The number of esters is 3. The van der Waals surface area contributed by atoms with E-state index in [-0.39, 0.29) is 37.5 Å².